The second kappa shape index (κ2) is 7.98. The van der Waals surface area contributed by atoms with E-state index in [4.69, 9.17) is 0 Å². The second-order valence-electron chi connectivity index (χ2n) is 8.26. The number of hydrogen-bond donors (Lipinski definition) is 0. The third-order valence-electron chi connectivity index (χ3n) is 6.01. The molecule has 7 heteroatoms. The Morgan fingerprint density at radius 3 is 2.62 bits per heavy atom. The van der Waals surface area contributed by atoms with Crippen molar-refractivity contribution in [3.05, 3.63) is 84.6 Å². The number of nitrogens with zero attached hydrogens (tertiary/aromatic N) is 2. The molecular formula is C25H21FN2O3S. The van der Waals surface area contributed by atoms with Gasteiger partial charge in [-0.15, -0.1) is 0 Å². The maximum atomic E-state index is 13.5. The highest BCUT2D eigenvalue weighted by atomic mass is 32.2. The molecule has 2 aromatic carbocycles. The van der Waals surface area contributed by atoms with Crippen LogP contribution in [0.1, 0.15) is 23.2 Å². The summed E-state index contributed by atoms with van der Waals surface area (Å²) < 4.78 is 38.9. The molecule has 4 aromatic rings. The van der Waals surface area contributed by atoms with E-state index in [1.54, 1.807) is 30.6 Å². The summed E-state index contributed by atoms with van der Waals surface area (Å²) in [5.74, 6) is -0.272. The number of Topliss-reactive ketones (excluding diaryl/α,β-unsaturated/α-hetero) is 1. The van der Waals surface area contributed by atoms with Gasteiger partial charge in [0.15, 0.2) is 15.6 Å². The molecule has 1 aliphatic rings. The molecule has 5 rings (SSSR count). The van der Waals surface area contributed by atoms with Gasteiger partial charge in [-0.05, 0) is 48.7 Å². The Hall–Kier alpha value is -3.32. The van der Waals surface area contributed by atoms with E-state index >= 15 is 0 Å². The summed E-state index contributed by atoms with van der Waals surface area (Å²) in [7, 11) is -3.02. The van der Waals surface area contributed by atoms with Crippen molar-refractivity contribution < 1.29 is 17.6 Å². The molecule has 0 radical (unpaired) electrons. The molecule has 0 spiro atoms. The number of ketones is 1. The molecular weight excluding hydrogens is 427 g/mol. The number of pyridine rings is 1. The van der Waals surface area contributed by atoms with Crippen LogP contribution >= 0.6 is 0 Å². The number of sulfone groups is 1. The van der Waals surface area contributed by atoms with E-state index in [0.717, 1.165) is 27.7 Å². The van der Waals surface area contributed by atoms with Crippen LogP contribution < -0.4 is 0 Å². The van der Waals surface area contributed by atoms with E-state index in [-0.39, 0.29) is 35.4 Å². The lowest BCUT2D eigenvalue weighted by atomic mass is 9.96. The normalized spacial score (nSPS) is 17.6. The first-order valence-corrected chi connectivity index (χ1v) is 12.3. The van der Waals surface area contributed by atoms with Crippen molar-refractivity contribution in [3.8, 4) is 16.8 Å². The number of carbonyl (C=O) groups is 1. The van der Waals surface area contributed by atoms with Crippen molar-refractivity contribution in [3.63, 3.8) is 0 Å². The Morgan fingerprint density at radius 1 is 1.12 bits per heavy atom. The Kier molecular flexibility index (Phi) is 5.13. The van der Waals surface area contributed by atoms with E-state index in [9.17, 15) is 17.6 Å². The van der Waals surface area contributed by atoms with Crippen molar-refractivity contribution in [2.45, 2.75) is 12.8 Å². The highest BCUT2D eigenvalue weighted by molar-refractivity contribution is 7.91. The molecule has 3 heterocycles. The Balaban J connectivity index is 1.58. The van der Waals surface area contributed by atoms with Gasteiger partial charge in [0.1, 0.15) is 5.82 Å². The summed E-state index contributed by atoms with van der Waals surface area (Å²) in [5, 5.41) is 0.947. The zero-order chi connectivity index (χ0) is 22.3. The molecule has 1 atom stereocenters. The highest BCUT2D eigenvalue weighted by Crippen LogP contribution is 2.33. The summed E-state index contributed by atoms with van der Waals surface area (Å²) in [6.07, 6.45) is 6.21. The number of rotatable bonds is 5. The zero-order valence-electron chi connectivity index (χ0n) is 17.2. The molecule has 5 nitrogen and oxygen atoms in total. The molecule has 0 aliphatic carbocycles. The van der Waals surface area contributed by atoms with Crippen LogP contribution in [0.4, 0.5) is 4.39 Å². The molecule has 0 amide bonds. The van der Waals surface area contributed by atoms with Gasteiger partial charge in [0, 0.05) is 52.8 Å². The fourth-order valence-corrected chi connectivity index (χ4v) is 6.24. The van der Waals surface area contributed by atoms with Gasteiger partial charge >= 0.3 is 0 Å². The third-order valence-corrected chi connectivity index (χ3v) is 7.84. The lowest BCUT2D eigenvalue weighted by Gasteiger charge is -2.09. The molecule has 1 aliphatic heterocycles. The average molecular weight is 449 g/mol. The minimum absolute atomic E-state index is 0.0659. The van der Waals surface area contributed by atoms with Crippen molar-refractivity contribution >= 4 is 26.5 Å². The van der Waals surface area contributed by atoms with Gasteiger partial charge in [0.05, 0.1) is 17.0 Å². The molecule has 32 heavy (non-hydrogen) atoms. The predicted octanol–water partition coefficient (Wildman–Crippen LogP) is 4.84. The number of aromatic nitrogens is 2. The molecule has 1 unspecified atom stereocenters. The van der Waals surface area contributed by atoms with Gasteiger partial charge in [-0.2, -0.15) is 0 Å². The largest absolute Gasteiger partial charge is 0.316 e. The molecule has 1 fully saturated rings. The molecule has 162 valence electrons. The monoisotopic (exact) mass is 448 g/mol. The Morgan fingerprint density at radius 2 is 1.94 bits per heavy atom. The van der Waals surface area contributed by atoms with Crippen LogP contribution in [0.5, 0.6) is 0 Å². The fourth-order valence-electron chi connectivity index (χ4n) is 4.38. The first-order valence-electron chi connectivity index (χ1n) is 10.4. The van der Waals surface area contributed by atoms with Gasteiger partial charge in [-0.1, -0.05) is 18.2 Å². The van der Waals surface area contributed by atoms with E-state index in [1.807, 2.05) is 35.0 Å². The number of fused-ring (bicyclic) bond motifs is 1. The number of hydrogen-bond acceptors (Lipinski definition) is 4. The fraction of sp³-hybridized carbons (Fsp3) is 0.200. The molecule has 0 N–H and O–H groups in total. The van der Waals surface area contributed by atoms with Crippen LogP contribution in [-0.2, 0) is 9.84 Å². The van der Waals surface area contributed by atoms with E-state index < -0.39 is 9.84 Å². The van der Waals surface area contributed by atoms with Crippen LogP contribution in [0.15, 0.2) is 73.2 Å². The van der Waals surface area contributed by atoms with Crippen LogP contribution in [0, 0.1) is 11.7 Å². The van der Waals surface area contributed by atoms with E-state index in [0.29, 0.717) is 12.0 Å². The highest BCUT2D eigenvalue weighted by Gasteiger charge is 2.29. The SMILES string of the molecule is O=C(CC1CCS(=O)(=O)C1)c1ccc2c(-c3cccnc3)cn(-c3ccc(F)cc3)c2c1. The van der Waals surface area contributed by atoms with Gasteiger partial charge in [0.2, 0.25) is 0 Å². The van der Waals surface area contributed by atoms with Crippen LogP contribution in [0.3, 0.4) is 0 Å². The van der Waals surface area contributed by atoms with Crippen LogP contribution in [-0.4, -0.2) is 35.3 Å². The smallest absolute Gasteiger partial charge is 0.163 e. The van der Waals surface area contributed by atoms with Crippen molar-refractivity contribution in [2.75, 3.05) is 11.5 Å². The summed E-state index contributed by atoms with van der Waals surface area (Å²) in [5.41, 5.74) is 4.03. The van der Waals surface area contributed by atoms with Gasteiger partial charge in [0.25, 0.3) is 0 Å². The molecule has 0 bridgehead atoms. The standard InChI is InChI=1S/C25H21FN2O3S/c26-20-4-6-21(7-5-20)28-15-23(19-2-1-10-27-14-19)22-8-3-18(13-24(22)28)25(29)12-17-9-11-32(30,31)16-17/h1-8,10,13-15,17H,9,11-12,16H2. The Bertz CT molecular complexity index is 1410. The van der Waals surface area contributed by atoms with Crippen molar-refractivity contribution in [2.24, 2.45) is 5.92 Å². The summed E-state index contributed by atoms with van der Waals surface area (Å²) >= 11 is 0. The summed E-state index contributed by atoms with van der Waals surface area (Å²) in [6.45, 7) is 0. The first kappa shape index (κ1) is 20.6. The molecule has 1 saturated heterocycles. The lowest BCUT2D eigenvalue weighted by Crippen LogP contribution is -2.10. The minimum atomic E-state index is -3.02. The number of carbonyl (C=O) groups excluding carboxylic acids is 1. The number of benzene rings is 2. The average Bonchev–Trinajstić information content (AvgIpc) is 3.34. The van der Waals surface area contributed by atoms with Crippen LogP contribution in [0.2, 0.25) is 0 Å². The van der Waals surface area contributed by atoms with Gasteiger partial charge < -0.3 is 4.57 Å². The molecule has 2 aromatic heterocycles. The quantitative estimate of drug-likeness (QED) is 0.410. The lowest BCUT2D eigenvalue weighted by molar-refractivity contribution is 0.0966. The van der Waals surface area contributed by atoms with Crippen molar-refractivity contribution in [1.82, 2.24) is 9.55 Å². The van der Waals surface area contributed by atoms with E-state index in [1.165, 1.54) is 12.1 Å². The summed E-state index contributed by atoms with van der Waals surface area (Å²) in [6, 6.07) is 15.6. The Labute approximate surface area is 185 Å². The second-order valence-corrected chi connectivity index (χ2v) is 10.5. The third kappa shape index (κ3) is 3.96. The van der Waals surface area contributed by atoms with Crippen molar-refractivity contribution in [1.29, 1.82) is 0 Å². The topological polar surface area (TPSA) is 69.0 Å². The first-order chi connectivity index (χ1) is 15.4. The maximum Gasteiger partial charge on any atom is 0.163 e. The summed E-state index contributed by atoms with van der Waals surface area (Å²) in [4.78, 5) is 17.2. The van der Waals surface area contributed by atoms with Gasteiger partial charge in [-0.25, -0.2) is 12.8 Å². The zero-order valence-corrected chi connectivity index (χ0v) is 18.1. The van der Waals surface area contributed by atoms with Crippen LogP contribution in [0.25, 0.3) is 27.7 Å². The number of halogens is 1. The van der Waals surface area contributed by atoms with Gasteiger partial charge in [-0.3, -0.25) is 9.78 Å². The van der Waals surface area contributed by atoms with E-state index in [2.05, 4.69) is 4.98 Å². The minimum Gasteiger partial charge on any atom is -0.316 e. The maximum absolute atomic E-state index is 13.5. The molecule has 0 saturated carbocycles. The predicted molar refractivity (Wildman–Crippen MR) is 122 cm³/mol.